The van der Waals surface area contributed by atoms with Gasteiger partial charge in [-0.1, -0.05) is 115 Å². The number of hydrogen-bond donors (Lipinski definition) is 0. The van der Waals surface area contributed by atoms with Gasteiger partial charge in [0.15, 0.2) is 0 Å². The molecule has 5 aromatic carbocycles. The summed E-state index contributed by atoms with van der Waals surface area (Å²) in [5.74, 6) is 0.842. The first-order valence-corrected chi connectivity index (χ1v) is 13.8. The van der Waals surface area contributed by atoms with Crippen LogP contribution in [0.2, 0.25) is 0 Å². The molecule has 0 fully saturated rings. The van der Waals surface area contributed by atoms with Crippen LogP contribution in [0.25, 0.3) is 11.1 Å². The molecular weight excluding hydrogens is 492 g/mol. The van der Waals surface area contributed by atoms with E-state index >= 15 is 0 Å². The van der Waals surface area contributed by atoms with E-state index in [0.29, 0.717) is 19.8 Å². The van der Waals surface area contributed by atoms with Crippen molar-refractivity contribution in [3.8, 4) is 16.9 Å². The van der Waals surface area contributed by atoms with Crippen molar-refractivity contribution in [1.82, 2.24) is 0 Å². The van der Waals surface area contributed by atoms with Gasteiger partial charge in [-0.2, -0.15) is 5.10 Å². The van der Waals surface area contributed by atoms with Crippen molar-refractivity contribution >= 4 is 11.4 Å². The molecule has 5 aromatic rings. The van der Waals surface area contributed by atoms with E-state index in [1.807, 2.05) is 42.5 Å². The zero-order valence-electron chi connectivity index (χ0n) is 22.4. The molecule has 0 saturated carbocycles. The maximum Gasteiger partial charge on any atom is 0.119 e. The van der Waals surface area contributed by atoms with Crippen molar-refractivity contribution in [2.75, 3.05) is 18.2 Å². The van der Waals surface area contributed by atoms with E-state index in [-0.39, 0.29) is 6.04 Å². The molecule has 198 valence electrons. The van der Waals surface area contributed by atoms with E-state index in [9.17, 15) is 0 Å². The Morgan fingerprint density at radius 3 is 1.90 bits per heavy atom. The molecule has 0 radical (unpaired) electrons. The molecule has 1 heterocycles. The van der Waals surface area contributed by atoms with E-state index in [2.05, 4.69) is 102 Å². The first kappa shape index (κ1) is 25.6. The first-order valence-electron chi connectivity index (χ1n) is 13.8. The topological polar surface area (TPSA) is 34.1 Å². The average Bonchev–Trinajstić information content (AvgIpc) is 3.48. The molecule has 0 aliphatic carbocycles. The number of benzene rings is 5. The summed E-state index contributed by atoms with van der Waals surface area (Å²) >= 11 is 0. The minimum absolute atomic E-state index is 0.106. The third-order valence-corrected chi connectivity index (χ3v) is 7.13. The number of anilines is 1. The monoisotopic (exact) mass is 524 g/mol. The lowest BCUT2D eigenvalue weighted by molar-refractivity contribution is 0.0889. The fourth-order valence-corrected chi connectivity index (χ4v) is 5.02. The lowest BCUT2D eigenvalue weighted by Crippen LogP contribution is -2.18. The maximum absolute atomic E-state index is 5.94. The van der Waals surface area contributed by atoms with Gasteiger partial charge < -0.3 is 9.47 Å². The lowest BCUT2D eigenvalue weighted by Gasteiger charge is -2.24. The highest BCUT2D eigenvalue weighted by Gasteiger charge is 2.30. The Hall–Kier alpha value is -4.67. The average molecular weight is 525 g/mol. The summed E-state index contributed by atoms with van der Waals surface area (Å²) in [7, 11) is 0. The normalized spacial score (nSPS) is 14.7. The molecule has 4 heteroatoms. The Bertz CT molecular complexity index is 1520. The molecule has 4 nitrogen and oxygen atoms in total. The summed E-state index contributed by atoms with van der Waals surface area (Å²) in [4.78, 5) is 0. The molecule has 0 saturated heterocycles. The van der Waals surface area contributed by atoms with Crippen molar-refractivity contribution in [3.63, 3.8) is 0 Å². The molecule has 1 unspecified atom stereocenters. The number of nitrogens with zero attached hydrogens (tertiary/aromatic N) is 2. The second kappa shape index (κ2) is 12.5. The molecule has 0 amide bonds. The summed E-state index contributed by atoms with van der Waals surface area (Å²) in [6.45, 7) is 1.65. The van der Waals surface area contributed by atoms with Crippen LogP contribution in [-0.2, 0) is 11.3 Å². The van der Waals surface area contributed by atoms with Crippen LogP contribution in [-0.4, -0.2) is 18.9 Å². The van der Waals surface area contributed by atoms with Crippen molar-refractivity contribution in [3.05, 3.63) is 156 Å². The number of rotatable bonds is 10. The molecule has 1 aliphatic rings. The van der Waals surface area contributed by atoms with E-state index in [0.717, 1.165) is 29.1 Å². The molecule has 40 heavy (non-hydrogen) atoms. The van der Waals surface area contributed by atoms with Crippen molar-refractivity contribution < 1.29 is 9.47 Å². The molecular formula is C36H32N2O2. The maximum atomic E-state index is 5.94. The number of hydrazone groups is 1. The third kappa shape index (κ3) is 6.14. The second-order valence-electron chi connectivity index (χ2n) is 9.85. The van der Waals surface area contributed by atoms with E-state index < -0.39 is 0 Å². The fourth-order valence-electron chi connectivity index (χ4n) is 5.02. The summed E-state index contributed by atoms with van der Waals surface area (Å²) in [6.07, 6.45) is 0.826. The predicted molar refractivity (Wildman–Crippen MR) is 163 cm³/mol. The molecule has 0 N–H and O–H groups in total. The minimum atomic E-state index is 0.106. The van der Waals surface area contributed by atoms with Crippen LogP contribution in [0.1, 0.15) is 29.2 Å². The highest BCUT2D eigenvalue weighted by atomic mass is 16.5. The Morgan fingerprint density at radius 1 is 0.600 bits per heavy atom. The van der Waals surface area contributed by atoms with Gasteiger partial charge in [0.2, 0.25) is 0 Å². The Kier molecular flexibility index (Phi) is 7.97. The summed E-state index contributed by atoms with van der Waals surface area (Å²) in [5.41, 5.74) is 8.12. The van der Waals surface area contributed by atoms with Crippen LogP contribution in [0.4, 0.5) is 5.69 Å². The highest BCUT2D eigenvalue weighted by Crippen LogP contribution is 2.37. The van der Waals surface area contributed by atoms with Gasteiger partial charge in [-0.25, -0.2) is 0 Å². The molecule has 0 bridgehead atoms. The Labute approximate surface area is 236 Å². The van der Waals surface area contributed by atoms with Crippen LogP contribution in [0.5, 0.6) is 5.75 Å². The third-order valence-electron chi connectivity index (χ3n) is 7.13. The van der Waals surface area contributed by atoms with Crippen LogP contribution in [0, 0.1) is 0 Å². The second-order valence-corrected chi connectivity index (χ2v) is 9.85. The van der Waals surface area contributed by atoms with Crippen molar-refractivity contribution in [2.24, 2.45) is 5.10 Å². The zero-order chi connectivity index (χ0) is 27.0. The van der Waals surface area contributed by atoms with Gasteiger partial charge in [0, 0.05) is 6.42 Å². The van der Waals surface area contributed by atoms with Gasteiger partial charge in [0.25, 0.3) is 0 Å². The lowest BCUT2D eigenvalue weighted by atomic mass is 9.96. The molecule has 0 aromatic heterocycles. The van der Waals surface area contributed by atoms with Gasteiger partial charge in [0.05, 0.1) is 30.7 Å². The SMILES string of the molecule is c1ccc(COCCOc2ccc(C3CC(c4ccc(-c5ccccc5)cc4)=NN3c3ccccc3)cc2)cc1. The number of ether oxygens (including phenoxy) is 2. The van der Waals surface area contributed by atoms with Gasteiger partial charge in [-0.3, -0.25) is 5.01 Å². The molecule has 6 rings (SSSR count). The van der Waals surface area contributed by atoms with Gasteiger partial charge in [-0.15, -0.1) is 0 Å². The van der Waals surface area contributed by atoms with Crippen LogP contribution in [0.3, 0.4) is 0 Å². The summed E-state index contributed by atoms with van der Waals surface area (Å²) in [5, 5.41) is 7.25. The molecule has 0 spiro atoms. The molecule has 1 atom stereocenters. The minimum Gasteiger partial charge on any atom is -0.491 e. The smallest absolute Gasteiger partial charge is 0.119 e. The summed E-state index contributed by atoms with van der Waals surface area (Å²) < 4.78 is 11.7. The van der Waals surface area contributed by atoms with Gasteiger partial charge in [-0.05, 0) is 52.1 Å². The standard InChI is InChI=1S/C36H32N2O2/c1-4-10-28(11-5-1)27-39-24-25-40-34-22-20-32(21-23-34)36-26-35(37-38(36)33-14-8-3-9-15-33)31-18-16-30(17-19-31)29-12-6-2-7-13-29/h1-23,36H,24-27H2. The highest BCUT2D eigenvalue weighted by molar-refractivity contribution is 6.03. The quantitative estimate of drug-likeness (QED) is 0.172. The van der Waals surface area contributed by atoms with Crippen molar-refractivity contribution in [1.29, 1.82) is 0 Å². The first-order chi connectivity index (χ1) is 19.8. The Balaban J connectivity index is 1.13. The van der Waals surface area contributed by atoms with Crippen LogP contribution < -0.4 is 9.75 Å². The summed E-state index contributed by atoms with van der Waals surface area (Å²) in [6, 6.07) is 48.3. The van der Waals surface area contributed by atoms with Crippen LogP contribution >= 0.6 is 0 Å². The van der Waals surface area contributed by atoms with Gasteiger partial charge >= 0.3 is 0 Å². The van der Waals surface area contributed by atoms with E-state index in [4.69, 9.17) is 14.6 Å². The van der Waals surface area contributed by atoms with Crippen molar-refractivity contribution in [2.45, 2.75) is 19.1 Å². The number of hydrogen-bond acceptors (Lipinski definition) is 4. The van der Waals surface area contributed by atoms with E-state index in [1.54, 1.807) is 0 Å². The predicted octanol–water partition coefficient (Wildman–Crippen LogP) is 8.30. The number of para-hydroxylation sites is 1. The molecule has 1 aliphatic heterocycles. The Morgan fingerprint density at radius 2 is 1.20 bits per heavy atom. The van der Waals surface area contributed by atoms with Crippen LogP contribution in [0.15, 0.2) is 145 Å². The van der Waals surface area contributed by atoms with Gasteiger partial charge in [0.1, 0.15) is 12.4 Å². The zero-order valence-corrected chi connectivity index (χ0v) is 22.4. The largest absolute Gasteiger partial charge is 0.491 e. The fraction of sp³-hybridized carbons (Fsp3) is 0.139. The van der Waals surface area contributed by atoms with E-state index in [1.165, 1.54) is 22.3 Å².